The highest BCUT2D eigenvalue weighted by Gasteiger charge is 2.35. The zero-order valence-corrected chi connectivity index (χ0v) is 22.5. The molecule has 1 saturated heterocycles. The lowest BCUT2D eigenvalue weighted by Crippen LogP contribution is -2.44. The Morgan fingerprint density at radius 3 is 2.70 bits per heavy atom. The first-order valence-corrected chi connectivity index (χ1v) is 13.7. The molecule has 1 aromatic heterocycles. The Kier molecular flexibility index (Phi) is 7.39. The van der Waals surface area contributed by atoms with Gasteiger partial charge in [0.05, 0.1) is 5.69 Å². The average molecular weight is 554 g/mol. The first-order valence-electron chi connectivity index (χ1n) is 13.3. The summed E-state index contributed by atoms with van der Waals surface area (Å²) >= 11 is 6.24. The molecule has 4 aromatic rings. The van der Waals surface area contributed by atoms with Crippen LogP contribution < -0.4 is 10.6 Å². The Balaban J connectivity index is 1.25. The quantitative estimate of drug-likeness (QED) is 0.340. The number of hydrogen-bond acceptors (Lipinski definition) is 6. The molecule has 2 atom stereocenters. The Hall–Kier alpha value is -4.34. The van der Waals surface area contributed by atoms with Gasteiger partial charge in [0, 0.05) is 34.9 Å². The van der Waals surface area contributed by atoms with Crippen LogP contribution in [0.15, 0.2) is 79.1 Å². The molecule has 0 saturated carbocycles. The topological polar surface area (TPSA) is 105 Å². The van der Waals surface area contributed by atoms with Crippen LogP contribution in [-0.4, -0.2) is 50.0 Å². The van der Waals surface area contributed by atoms with Gasteiger partial charge in [0.15, 0.2) is 0 Å². The monoisotopic (exact) mass is 553 g/mol. The van der Waals surface area contributed by atoms with Gasteiger partial charge in [-0.3, -0.25) is 9.59 Å². The van der Waals surface area contributed by atoms with Crippen LogP contribution in [0, 0.1) is 0 Å². The number of tetrazole rings is 1. The number of aromatic nitrogens is 4. The van der Waals surface area contributed by atoms with Crippen molar-refractivity contribution in [2.75, 3.05) is 18.4 Å². The molecule has 2 aliphatic heterocycles. The van der Waals surface area contributed by atoms with Crippen LogP contribution in [0.5, 0.6) is 0 Å². The number of carbonyl (C=O) groups excluding carboxylic acids is 2. The van der Waals surface area contributed by atoms with E-state index in [1.807, 2.05) is 48.5 Å². The van der Waals surface area contributed by atoms with Crippen molar-refractivity contribution in [1.82, 2.24) is 30.4 Å². The third-order valence-corrected chi connectivity index (χ3v) is 7.68. The molecule has 10 heteroatoms. The van der Waals surface area contributed by atoms with Crippen molar-refractivity contribution < 1.29 is 9.59 Å². The molecule has 2 amide bonds. The van der Waals surface area contributed by atoms with Crippen LogP contribution in [0.1, 0.15) is 47.2 Å². The standard InChI is InChI=1S/C30H28ClN7O2/c31-23-10-13-27(38-19-33-35-36-38)22(18-23)9-14-28(39)37-17-15-20-4-1-2-5-25(20)29(37)30(40)34-24-11-7-21(8-12-24)26-6-3-16-32-26/h1-2,4-5,7-14,18-19,26,29,32H,3,6,15-17H2,(H,34,40). The fraction of sp³-hybridized carbons (Fsp3) is 0.233. The number of halogens is 1. The smallest absolute Gasteiger partial charge is 0.251 e. The lowest BCUT2D eigenvalue weighted by molar-refractivity contribution is -0.135. The number of fused-ring (bicyclic) bond motifs is 1. The first kappa shape index (κ1) is 25.9. The molecule has 2 N–H and O–H groups in total. The molecule has 0 spiro atoms. The van der Waals surface area contributed by atoms with E-state index in [1.54, 1.807) is 29.2 Å². The van der Waals surface area contributed by atoms with Crippen LogP contribution >= 0.6 is 11.6 Å². The number of rotatable bonds is 6. The average Bonchev–Trinajstić information content (AvgIpc) is 3.71. The highest BCUT2D eigenvalue weighted by atomic mass is 35.5. The summed E-state index contributed by atoms with van der Waals surface area (Å²) in [6.07, 6.45) is 7.56. The molecule has 0 radical (unpaired) electrons. The molecule has 3 aromatic carbocycles. The molecule has 40 heavy (non-hydrogen) atoms. The predicted octanol–water partition coefficient (Wildman–Crippen LogP) is 4.52. The summed E-state index contributed by atoms with van der Waals surface area (Å²) in [6, 6.07) is 20.6. The molecule has 0 bridgehead atoms. The summed E-state index contributed by atoms with van der Waals surface area (Å²) < 4.78 is 1.50. The molecule has 2 aliphatic rings. The van der Waals surface area contributed by atoms with E-state index in [4.69, 9.17) is 11.6 Å². The molecular formula is C30H28ClN7O2. The molecule has 0 aliphatic carbocycles. The summed E-state index contributed by atoms with van der Waals surface area (Å²) in [5.74, 6) is -0.530. The molecule has 202 valence electrons. The predicted molar refractivity (Wildman–Crippen MR) is 153 cm³/mol. The summed E-state index contributed by atoms with van der Waals surface area (Å²) in [4.78, 5) is 28.9. The fourth-order valence-electron chi connectivity index (χ4n) is 5.46. The van der Waals surface area contributed by atoms with Crippen molar-refractivity contribution in [3.8, 4) is 5.69 Å². The van der Waals surface area contributed by atoms with Gasteiger partial charge in [0.25, 0.3) is 5.91 Å². The van der Waals surface area contributed by atoms with Gasteiger partial charge in [0.1, 0.15) is 12.4 Å². The van der Waals surface area contributed by atoms with Crippen molar-refractivity contribution in [3.63, 3.8) is 0 Å². The number of hydrogen-bond donors (Lipinski definition) is 2. The molecule has 6 rings (SSSR count). The molecule has 3 heterocycles. The van der Waals surface area contributed by atoms with Crippen molar-refractivity contribution in [2.45, 2.75) is 31.3 Å². The third kappa shape index (κ3) is 5.38. The number of anilines is 1. The van der Waals surface area contributed by atoms with Crippen LogP contribution in [0.4, 0.5) is 5.69 Å². The lowest BCUT2D eigenvalue weighted by Gasteiger charge is -2.35. The Bertz CT molecular complexity index is 1550. The molecule has 9 nitrogen and oxygen atoms in total. The zero-order chi connectivity index (χ0) is 27.5. The van der Waals surface area contributed by atoms with Gasteiger partial charge in [-0.15, -0.1) is 5.10 Å². The number of nitrogens with one attached hydrogen (secondary N) is 2. The van der Waals surface area contributed by atoms with Crippen LogP contribution in [0.3, 0.4) is 0 Å². The van der Waals surface area contributed by atoms with Gasteiger partial charge < -0.3 is 15.5 Å². The van der Waals surface area contributed by atoms with Gasteiger partial charge in [0.2, 0.25) is 5.91 Å². The van der Waals surface area contributed by atoms with E-state index in [9.17, 15) is 9.59 Å². The van der Waals surface area contributed by atoms with Crippen LogP contribution in [-0.2, 0) is 16.0 Å². The maximum Gasteiger partial charge on any atom is 0.251 e. The third-order valence-electron chi connectivity index (χ3n) is 7.45. The van der Waals surface area contributed by atoms with Gasteiger partial charge in [-0.1, -0.05) is 48.0 Å². The zero-order valence-electron chi connectivity index (χ0n) is 21.7. The second kappa shape index (κ2) is 11.4. The van der Waals surface area contributed by atoms with Gasteiger partial charge >= 0.3 is 0 Å². The number of amides is 2. The number of nitrogens with zero attached hydrogens (tertiary/aromatic N) is 5. The Morgan fingerprint density at radius 1 is 1.07 bits per heavy atom. The van der Waals surface area contributed by atoms with Gasteiger partial charge in [-0.25, -0.2) is 0 Å². The van der Waals surface area contributed by atoms with E-state index in [0.29, 0.717) is 41.0 Å². The van der Waals surface area contributed by atoms with Crippen molar-refractivity contribution >= 4 is 35.2 Å². The summed E-state index contributed by atoms with van der Waals surface area (Å²) in [5.41, 5.74) is 5.15. The minimum Gasteiger partial charge on any atom is -0.324 e. The lowest BCUT2D eigenvalue weighted by atomic mass is 9.91. The SMILES string of the molecule is O=C(Nc1ccc(C2CCCN2)cc1)C1c2ccccc2CCN1C(=O)C=Cc1cc(Cl)ccc1-n1cnnn1. The van der Waals surface area contributed by atoms with Crippen molar-refractivity contribution in [1.29, 1.82) is 0 Å². The normalized spacial score (nSPS) is 18.6. The maximum atomic E-state index is 13.7. The van der Waals surface area contributed by atoms with Crippen molar-refractivity contribution in [2.24, 2.45) is 0 Å². The van der Waals surface area contributed by atoms with Gasteiger partial charge in [-0.2, -0.15) is 4.68 Å². The second-order valence-corrected chi connectivity index (χ2v) is 10.4. The fourth-order valence-corrected chi connectivity index (χ4v) is 5.64. The minimum absolute atomic E-state index is 0.252. The van der Waals surface area contributed by atoms with Crippen LogP contribution in [0.2, 0.25) is 5.02 Å². The van der Waals surface area contributed by atoms with E-state index >= 15 is 0 Å². The second-order valence-electron chi connectivity index (χ2n) is 9.93. The Labute approximate surface area is 236 Å². The highest BCUT2D eigenvalue weighted by Crippen LogP contribution is 2.32. The summed E-state index contributed by atoms with van der Waals surface area (Å²) in [5, 5.41) is 18.4. The van der Waals surface area contributed by atoms with E-state index in [-0.39, 0.29) is 11.8 Å². The summed E-state index contributed by atoms with van der Waals surface area (Å²) in [6.45, 7) is 1.44. The first-order chi connectivity index (χ1) is 19.6. The van der Waals surface area contributed by atoms with Crippen molar-refractivity contribution in [3.05, 3.63) is 106 Å². The Morgan fingerprint density at radius 2 is 1.93 bits per heavy atom. The van der Waals surface area contributed by atoms with Crippen LogP contribution in [0.25, 0.3) is 11.8 Å². The molecular weight excluding hydrogens is 526 g/mol. The van der Waals surface area contributed by atoms with E-state index in [1.165, 1.54) is 29.1 Å². The van der Waals surface area contributed by atoms with E-state index < -0.39 is 6.04 Å². The summed E-state index contributed by atoms with van der Waals surface area (Å²) in [7, 11) is 0. The van der Waals surface area contributed by atoms with E-state index in [0.717, 1.165) is 24.1 Å². The molecule has 1 fully saturated rings. The minimum atomic E-state index is -0.767. The van der Waals surface area contributed by atoms with Gasteiger partial charge in [-0.05, 0) is 89.3 Å². The highest BCUT2D eigenvalue weighted by molar-refractivity contribution is 6.30. The number of benzene rings is 3. The maximum absolute atomic E-state index is 13.7. The number of carbonyl (C=O) groups is 2. The largest absolute Gasteiger partial charge is 0.324 e. The van der Waals surface area contributed by atoms with E-state index in [2.05, 4.69) is 26.2 Å². The molecule has 2 unspecified atom stereocenters.